The van der Waals surface area contributed by atoms with E-state index >= 15 is 0 Å². The van der Waals surface area contributed by atoms with Crippen LogP contribution in [0.4, 0.5) is 0 Å². The molecule has 0 amide bonds. The van der Waals surface area contributed by atoms with Gasteiger partial charge in [-0.05, 0) is 44.7 Å². The van der Waals surface area contributed by atoms with Gasteiger partial charge < -0.3 is 14.9 Å². The molecule has 28 heavy (non-hydrogen) atoms. The van der Waals surface area contributed by atoms with Crippen molar-refractivity contribution in [3.63, 3.8) is 0 Å². The molecule has 0 spiro atoms. The van der Waals surface area contributed by atoms with Crippen LogP contribution in [0.2, 0.25) is 0 Å². The molecule has 1 fully saturated rings. The van der Waals surface area contributed by atoms with E-state index in [0.29, 0.717) is 25.7 Å². The summed E-state index contributed by atoms with van der Waals surface area (Å²) in [6.45, 7) is 5.56. The lowest BCUT2D eigenvalue weighted by molar-refractivity contribution is -0.263. The predicted molar refractivity (Wildman–Crippen MR) is 109 cm³/mol. The third-order valence-corrected chi connectivity index (χ3v) is 6.20. The summed E-state index contributed by atoms with van der Waals surface area (Å²) in [6, 6.07) is 19.8. The maximum Gasteiger partial charge on any atom is 0.309 e. The summed E-state index contributed by atoms with van der Waals surface area (Å²) in [4.78, 5) is 11.7. The quantitative estimate of drug-likeness (QED) is 0.784. The van der Waals surface area contributed by atoms with E-state index in [0.717, 1.165) is 11.1 Å². The van der Waals surface area contributed by atoms with Gasteiger partial charge in [-0.1, -0.05) is 60.7 Å². The molecule has 1 aliphatic heterocycles. The Morgan fingerprint density at radius 2 is 1.46 bits per heavy atom. The smallest absolute Gasteiger partial charge is 0.309 e. The van der Waals surface area contributed by atoms with Crippen LogP contribution in [0.15, 0.2) is 60.7 Å². The number of carboxylic acid groups (broad SMARTS) is 1. The average molecular weight is 383 g/mol. The molecule has 1 heterocycles. The third kappa shape index (κ3) is 4.13. The van der Waals surface area contributed by atoms with E-state index in [1.165, 1.54) is 0 Å². The van der Waals surface area contributed by atoms with E-state index < -0.39 is 28.7 Å². The van der Waals surface area contributed by atoms with Gasteiger partial charge in [0.1, 0.15) is 5.60 Å². The van der Waals surface area contributed by atoms with E-state index in [-0.39, 0.29) is 0 Å². The highest BCUT2D eigenvalue weighted by atomic mass is 16.5. The highest BCUT2D eigenvalue weighted by Gasteiger charge is 2.56. The van der Waals surface area contributed by atoms with Crippen molar-refractivity contribution in [2.75, 3.05) is 0 Å². The molecule has 150 valence electrons. The molecular formula is C24H30O4. The maximum atomic E-state index is 12.0. The lowest BCUT2D eigenvalue weighted by Crippen LogP contribution is -2.64. The standard InChI is InChI=1S/C24H30O4/c1-22(2)20(21(25)26)14-15-23(3,28-22)24(27,16-18-10-6-4-7-11-18)17-19-12-8-5-9-13-19/h4-13,20,27H,14-17H2,1-3H3,(H,25,26)/t20-,23+/m1/s1. The minimum absolute atomic E-state index is 0.438. The molecule has 4 heteroatoms. The maximum absolute atomic E-state index is 12.0. The van der Waals surface area contributed by atoms with Gasteiger partial charge in [0.15, 0.2) is 0 Å². The fourth-order valence-corrected chi connectivity index (χ4v) is 4.52. The summed E-state index contributed by atoms with van der Waals surface area (Å²) in [5.41, 5.74) is -0.835. The molecule has 2 aromatic carbocycles. The van der Waals surface area contributed by atoms with E-state index in [2.05, 4.69) is 0 Å². The van der Waals surface area contributed by atoms with E-state index in [1.54, 1.807) is 0 Å². The van der Waals surface area contributed by atoms with Crippen LogP contribution >= 0.6 is 0 Å². The molecular weight excluding hydrogens is 352 g/mol. The van der Waals surface area contributed by atoms with E-state index in [4.69, 9.17) is 4.74 Å². The SMILES string of the molecule is CC1(C)O[C@](C)(C(O)(Cc2ccccc2)Cc2ccccc2)CC[C@@H]1C(=O)O. The Morgan fingerprint density at radius 1 is 1.00 bits per heavy atom. The van der Waals surface area contributed by atoms with Gasteiger partial charge in [0, 0.05) is 12.8 Å². The van der Waals surface area contributed by atoms with Gasteiger partial charge in [-0.3, -0.25) is 4.79 Å². The lowest BCUT2D eigenvalue weighted by atomic mass is 9.68. The van der Waals surface area contributed by atoms with Gasteiger partial charge >= 0.3 is 5.97 Å². The fourth-order valence-electron chi connectivity index (χ4n) is 4.52. The Labute approximate surface area is 167 Å². The second-order valence-corrected chi connectivity index (χ2v) is 8.72. The molecule has 2 N–H and O–H groups in total. The van der Waals surface area contributed by atoms with Crippen LogP contribution in [0.5, 0.6) is 0 Å². The summed E-state index contributed by atoms with van der Waals surface area (Å²) >= 11 is 0. The number of aliphatic carboxylic acids is 1. The van der Waals surface area contributed by atoms with Gasteiger partial charge in [-0.25, -0.2) is 0 Å². The first-order valence-corrected chi connectivity index (χ1v) is 9.88. The van der Waals surface area contributed by atoms with Crippen molar-refractivity contribution in [2.24, 2.45) is 5.92 Å². The zero-order valence-corrected chi connectivity index (χ0v) is 16.9. The lowest BCUT2D eigenvalue weighted by Gasteiger charge is -2.54. The molecule has 2 atom stereocenters. The second-order valence-electron chi connectivity index (χ2n) is 8.72. The highest BCUT2D eigenvalue weighted by molar-refractivity contribution is 5.71. The van der Waals surface area contributed by atoms with Gasteiger partial charge in [-0.2, -0.15) is 0 Å². The van der Waals surface area contributed by atoms with Gasteiger partial charge in [-0.15, -0.1) is 0 Å². The minimum atomic E-state index is -1.17. The Hall–Kier alpha value is -2.17. The Balaban J connectivity index is 1.97. The summed E-state index contributed by atoms with van der Waals surface area (Å²) in [6.07, 6.45) is 1.84. The molecule has 3 rings (SSSR count). The number of hydrogen-bond acceptors (Lipinski definition) is 3. The van der Waals surface area contributed by atoms with Crippen molar-refractivity contribution >= 4 is 5.97 Å². The first-order chi connectivity index (χ1) is 13.2. The fraction of sp³-hybridized carbons (Fsp3) is 0.458. The zero-order valence-electron chi connectivity index (χ0n) is 16.9. The van der Waals surface area contributed by atoms with Crippen molar-refractivity contribution in [1.82, 2.24) is 0 Å². The van der Waals surface area contributed by atoms with Crippen LogP contribution in [0, 0.1) is 5.92 Å². The Morgan fingerprint density at radius 3 is 1.86 bits per heavy atom. The topological polar surface area (TPSA) is 66.8 Å². The van der Waals surface area contributed by atoms with Crippen LogP contribution in [-0.2, 0) is 22.4 Å². The summed E-state index contributed by atoms with van der Waals surface area (Å²) in [5.74, 6) is -1.43. The van der Waals surface area contributed by atoms with Crippen LogP contribution in [0.25, 0.3) is 0 Å². The van der Waals surface area contributed by atoms with Crippen molar-refractivity contribution in [3.8, 4) is 0 Å². The Bertz CT molecular complexity index is 758. The molecule has 0 unspecified atom stereocenters. The monoisotopic (exact) mass is 382 g/mol. The number of benzene rings is 2. The number of hydrogen-bond donors (Lipinski definition) is 2. The molecule has 0 radical (unpaired) electrons. The zero-order chi connectivity index (χ0) is 20.4. The number of ether oxygens (including phenoxy) is 1. The molecule has 4 nitrogen and oxygen atoms in total. The van der Waals surface area contributed by atoms with Crippen molar-refractivity contribution in [1.29, 1.82) is 0 Å². The number of carboxylic acids is 1. The Kier molecular flexibility index (Phi) is 5.64. The normalized spacial score (nSPS) is 24.6. The van der Waals surface area contributed by atoms with E-state index in [1.807, 2.05) is 81.4 Å². The molecule has 0 bridgehead atoms. The molecule has 1 saturated heterocycles. The first kappa shape index (κ1) is 20.6. The molecule has 1 aliphatic rings. The van der Waals surface area contributed by atoms with Crippen molar-refractivity contribution in [2.45, 2.75) is 63.3 Å². The molecule has 0 aromatic heterocycles. The van der Waals surface area contributed by atoms with Gasteiger partial charge in [0.25, 0.3) is 0 Å². The van der Waals surface area contributed by atoms with E-state index in [9.17, 15) is 15.0 Å². The third-order valence-electron chi connectivity index (χ3n) is 6.20. The summed E-state index contributed by atoms with van der Waals surface area (Å²) < 4.78 is 6.41. The van der Waals surface area contributed by atoms with Gasteiger partial charge in [0.2, 0.25) is 0 Å². The highest BCUT2D eigenvalue weighted by Crippen LogP contribution is 2.46. The summed E-state index contributed by atoms with van der Waals surface area (Å²) in [7, 11) is 0. The largest absolute Gasteiger partial charge is 0.481 e. The minimum Gasteiger partial charge on any atom is -0.481 e. The van der Waals surface area contributed by atoms with Gasteiger partial charge in [0.05, 0.1) is 17.1 Å². The average Bonchev–Trinajstić information content (AvgIpc) is 2.62. The predicted octanol–water partition coefficient (Wildman–Crippen LogP) is 4.25. The number of carbonyl (C=O) groups is 1. The van der Waals surface area contributed by atoms with Crippen LogP contribution in [-0.4, -0.2) is 33.0 Å². The van der Waals surface area contributed by atoms with Crippen LogP contribution in [0.3, 0.4) is 0 Å². The van der Waals surface area contributed by atoms with Crippen molar-refractivity contribution in [3.05, 3.63) is 71.8 Å². The summed E-state index contributed by atoms with van der Waals surface area (Å²) in [5, 5.41) is 21.6. The number of aliphatic hydroxyl groups is 1. The second kappa shape index (κ2) is 7.69. The van der Waals surface area contributed by atoms with Crippen LogP contribution in [0.1, 0.15) is 44.7 Å². The molecule has 0 aliphatic carbocycles. The number of rotatable bonds is 6. The molecule has 2 aromatic rings. The van der Waals surface area contributed by atoms with Crippen LogP contribution < -0.4 is 0 Å². The first-order valence-electron chi connectivity index (χ1n) is 9.88. The molecule has 0 saturated carbocycles. The van der Waals surface area contributed by atoms with Crippen molar-refractivity contribution < 1.29 is 19.7 Å².